The molecule has 2 atom stereocenters. The molecule has 1 fully saturated rings. The van der Waals surface area contributed by atoms with Crippen molar-refractivity contribution in [1.82, 2.24) is 20.3 Å². The molecule has 0 radical (unpaired) electrons. The van der Waals surface area contributed by atoms with Gasteiger partial charge in [-0.2, -0.15) is 4.39 Å². The van der Waals surface area contributed by atoms with Gasteiger partial charge in [-0.25, -0.2) is 9.97 Å². The Hall–Kier alpha value is -3.23. The fraction of sp³-hybridized carbons (Fsp3) is 0.385. The molecule has 2 N–H and O–H groups in total. The minimum atomic E-state index is -0.712. The van der Waals surface area contributed by atoms with Crippen molar-refractivity contribution in [3.63, 3.8) is 0 Å². The van der Waals surface area contributed by atoms with Crippen molar-refractivity contribution >= 4 is 5.91 Å². The summed E-state index contributed by atoms with van der Waals surface area (Å²) in [5.41, 5.74) is 6.18. The number of hydrogen-bond donors (Lipinski definition) is 2. The number of aryl methyl sites for hydroxylation is 1. The summed E-state index contributed by atoms with van der Waals surface area (Å²) >= 11 is 0. The molecule has 3 aromatic rings. The molecule has 0 aromatic carbocycles. The number of carbonyl (C=O) groups excluding carboxylic acids is 1. The van der Waals surface area contributed by atoms with Crippen LogP contribution >= 0.6 is 0 Å². The van der Waals surface area contributed by atoms with Gasteiger partial charge in [0.2, 0.25) is 5.95 Å². The SMILES string of the molecule is O=C(N[C@H]1CCOC[C@@H]1O)c1cc(Cc2ccc(-c3ccc(F)nc3)nc2)c2c(n1)CCCC2. The second kappa shape index (κ2) is 9.95. The van der Waals surface area contributed by atoms with Crippen LogP contribution in [0.5, 0.6) is 0 Å². The molecule has 1 aliphatic carbocycles. The highest BCUT2D eigenvalue weighted by Gasteiger charge is 2.27. The number of amides is 1. The first-order valence-corrected chi connectivity index (χ1v) is 11.7. The number of hydrogen-bond acceptors (Lipinski definition) is 6. The molecule has 176 valence electrons. The van der Waals surface area contributed by atoms with Crippen LogP contribution in [0.25, 0.3) is 11.3 Å². The lowest BCUT2D eigenvalue weighted by molar-refractivity contribution is -0.0261. The van der Waals surface area contributed by atoms with Crippen molar-refractivity contribution in [1.29, 1.82) is 0 Å². The van der Waals surface area contributed by atoms with E-state index >= 15 is 0 Å². The number of rotatable bonds is 5. The lowest BCUT2D eigenvalue weighted by Crippen LogP contribution is -2.48. The Morgan fingerprint density at radius 1 is 1.15 bits per heavy atom. The zero-order chi connectivity index (χ0) is 23.5. The summed E-state index contributed by atoms with van der Waals surface area (Å²) in [6.45, 7) is 0.743. The van der Waals surface area contributed by atoms with E-state index in [0.29, 0.717) is 25.1 Å². The van der Waals surface area contributed by atoms with Gasteiger partial charge in [-0.1, -0.05) is 6.07 Å². The van der Waals surface area contributed by atoms with E-state index < -0.39 is 12.1 Å². The number of aromatic nitrogens is 3. The molecular weight excluding hydrogens is 435 g/mol. The van der Waals surface area contributed by atoms with E-state index in [-0.39, 0.29) is 18.6 Å². The molecule has 0 unspecified atom stereocenters. The number of aliphatic hydroxyl groups is 1. The summed E-state index contributed by atoms with van der Waals surface area (Å²) in [7, 11) is 0. The van der Waals surface area contributed by atoms with E-state index in [9.17, 15) is 14.3 Å². The smallest absolute Gasteiger partial charge is 0.270 e. The first kappa shape index (κ1) is 22.6. The third kappa shape index (κ3) is 4.98. The van der Waals surface area contributed by atoms with Crippen LogP contribution in [0.1, 0.15) is 52.1 Å². The van der Waals surface area contributed by atoms with E-state index in [0.717, 1.165) is 53.8 Å². The Kier molecular flexibility index (Phi) is 6.60. The largest absolute Gasteiger partial charge is 0.389 e. The van der Waals surface area contributed by atoms with Gasteiger partial charge in [-0.05, 0) is 79.5 Å². The van der Waals surface area contributed by atoms with Crippen molar-refractivity contribution < 1.29 is 19.0 Å². The molecule has 34 heavy (non-hydrogen) atoms. The van der Waals surface area contributed by atoms with Crippen molar-refractivity contribution in [3.05, 3.63) is 76.8 Å². The van der Waals surface area contributed by atoms with Crippen molar-refractivity contribution in [3.8, 4) is 11.3 Å². The predicted molar refractivity (Wildman–Crippen MR) is 124 cm³/mol. The molecule has 5 rings (SSSR count). The number of halogens is 1. The van der Waals surface area contributed by atoms with Crippen molar-refractivity contribution in [2.24, 2.45) is 0 Å². The summed E-state index contributed by atoms with van der Waals surface area (Å²) in [6.07, 6.45) is 7.76. The van der Waals surface area contributed by atoms with Gasteiger partial charge in [0.05, 0.1) is 24.4 Å². The lowest BCUT2D eigenvalue weighted by atomic mass is 9.89. The molecule has 7 nitrogen and oxygen atoms in total. The molecular formula is C26H27FN4O3. The first-order chi connectivity index (χ1) is 16.6. The lowest BCUT2D eigenvalue weighted by Gasteiger charge is -2.28. The second-order valence-electron chi connectivity index (χ2n) is 8.91. The number of aliphatic hydroxyl groups excluding tert-OH is 1. The monoisotopic (exact) mass is 462 g/mol. The minimum absolute atomic E-state index is 0.227. The third-order valence-electron chi connectivity index (χ3n) is 6.51. The average Bonchev–Trinajstić information content (AvgIpc) is 2.86. The highest BCUT2D eigenvalue weighted by atomic mass is 19.1. The molecule has 0 spiro atoms. The van der Waals surface area contributed by atoms with Gasteiger partial charge >= 0.3 is 0 Å². The Bertz CT molecular complexity index is 1170. The summed E-state index contributed by atoms with van der Waals surface area (Å²) in [4.78, 5) is 25.9. The minimum Gasteiger partial charge on any atom is -0.389 e. The summed E-state index contributed by atoms with van der Waals surface area (Å²) < 4.78 is 18.4. The van der Waals surface area contributed by atoms with Gasteiger partial charge in [0, 0.05) is 30.3 Å². The Balaban J connectivity index is 1.38. The number of pyridine rings is 3. The molecule has 0 bridgehead atoms. The first-order valence-electron chi connectivity index (χ1n) is 11.7. The molecule has 1 aliphatic heterocycles. The standard InChI is InChI=1S/C26H27FN4O3/c27-25-8-6-17(14-29-25)20-7-5-16(13-28-20)11-18-12-23(30-21-4-2-1-3-19(18)21)26(33)31-22-9-10-34-15-24(22)32/h5-8,12-14,22,24,32H,1-4,9-11,15H2,(H,31,33)/t22-,24-/m0/s1. The Morgan fingerprint density at radius 2 is 2.03 bits per heavy atom. The van der Waals surface area contributed by atoms with Gasteiger partial charge in [0.1, 0.15) is 5.69 Å². The Morgan fingerprint density at radius 3 is 2.79 bits per heavy atom. The summed E-state index contributed by atoms with van der Waals surface area (Å²) in [5.74, 6) is -0.785. The zero-order valence-electron chi connectivity index (χ0n) is 18.8. The predicted octanol–water partition coefficient (Wildman–Crippen LogP) is 3.03. The van der Waals surface area contributed by atoms with E-state index in [1.807, 2.05) is 24.4 Å². The van der Waals surface area contributed by atoms with Gasteiger partial charge in [0.15, 0.2) is 0 Å². The highest BCUT2D eigenvalue weighted by molar-refractivity contribution is 5.93. The van der Waals surface area contributed by atoms with E-state index in [1.165, 1.54) is 17.8 Å². The number of fused-ring (bicyclic) bond motifs is 1. The van der Waals surface area contributed by atoms with Crippen LogP contribution in [-0.4, -0.2) is 51.3 Å². The van der Waals surface area contributed by atoms with Gasteiger partial charge < -0.3 is 15.2 Å². The quantitative estimate of drug-likeness (QED) is 0.566. The molecule has 1 amide bonds. The normalized spacial score (nSPS) is 19.9. The molecule has 4 heterocycles. The average molecular weight is 463 g/mol. The summed E-state index contributed by atoms with van der Waals surface area (Å²) in [5, 5.41) is 13.1. The van der Waals surface area contributed by atoms with E-state index in [4.69, 9.17) is 4.74 Å². The van der Waals surface area contributed by atoms with Crippen LogP contribution in [-0.2, 0) is 24.0 Å². The van der Waals surface area contributed by atoms with Crippen LogP contribution in [0, 0.1) is 5.95 Å². The zero-order valence-corrected chi connectivity index (χ0v) is 18.8. The fourth-order valence-electron chi connectivity index (χ4n) is 4.64. The molecule has 0 saturated carbocycles. The maximum Gasteiger partial charge on any atom is 0.270 e. The van der Waals surface area contributed by atoms with Crippen molar-refractivity contribution in [2.45, 2.75) is 50.7 Å². The van der Waals surface area contributed by atoms with E-state index in [1.54, 1.807) is 6.07 Å². The Labute approximate surface area is 197 Å². The number of carbonyl (C=O) groups is 1. The third-order valence-corrected chi connectivity index (χ3v) is 6.51. The highest BCUT2D eigenvalue weighted by Crippen LogP contribution is 2.27. The maximum atomic E-state index is 13.1. The fourth-order valence-corrected chi connectivity index (χ4v) is 4.64. The number of nitrogens with one attached hydrogen (secondary N) is 1. The molecule has 3 aromatic heterocycles. The van der Waals surface area contributed by atoms with Gasteiger partial charge in [-0.15, -0.1) is 0 Å². The summed E-state index contributed by atoms with van der Waals surface area (Å²) in [6, 6.07) is 8.42. The van der Waals surface area contributed by atoms with Crippen LogP contribution in [0.3, 0.4) is 0 Å². The molecule has 8 heteroatoms. The van der Waals surface area contributed by atoms with Crippen LogP contribution in [0.15, 0.2) is 42.7 Å². The van der Waals surface area contributed by atoms with Gasteiger partial charge in [0.25, 0.3) is 5.91 Å². The second-order valence-corrected chi connectivity index (χ2v) is 8.91. The van der Waals surface area contributed by atoms with Crippen LogP contribution in [0.4, 0.5) is 4.39 Å². The number of nitrogens with zero attached hydrogens (tertiary/aromatic N) is 3. The van der Waals surface area contributed by atoms with Crippen LogP contribution in [0.2, 0.25) is 0 Å². The molecule has 2 aliphatic rings. The topological polar surface area (TPSA) is 97.2 Å². The van der Waals surface area contributed by atoms with E-state index in [2.05, 4.69) is 20.3 Å². The maximum absolute atomic E-state index is 13.1. The van der Waals surface area contributed by atoms with Gasteiger partial charge in [-0.3, -0.25) is 9.78 Å². The molecule has 1 saturated heterocycles. The number of ether oxygens (including phenoxy) is 1. The van der Waals surface area contributed by atoms with Crippen molar-refractivity contribution in [2.75, 3.05) is 13.2 Å². The van der Waals surface area contributed by atoms with Crippen LogP contribution < -0.4 is 5.32 Å².